The van der Waals surface area contributed by atoms with E-state index >= 15 is 0 Å². The fourth-order valence-corrected chi connectivity index (χ4v) is 6.05. The standard InChI is InChI=1S/C28H41F2N7O2S/c1-17(2)24(35-40(39)27(5,6)7)20-14-23-33-21(16-36(23)32-15-20)25(19-8-11-28(29,30)12-9-19)34-26(38)22-10-13-31-37(22)18(3)4/h10,13-19,24-25,35H,8-9,11-12H2,1-7H3,(H,34,38)/t24-,25-,40-/m0/s1. The smallest absolute Gasteiger partial charge is 0.270 e. The van der Waals surface area contributed by atoms with Crippen molar-refractivity contribution in [3.05, 3.63) is 47.7 Å². The lowest BCUT2D eigenvalue weighted by Gasteiger charge is -2.33. The molecule has 2 N–H and O–H groups in total. The molecule has 40 heavy (non-hydrogen) atoms. The number of nitrogens with zero attached hydrogens (tertiary/aromatic N) is 5. The molecule has 1 amide bonds. The molecule has 0 spiro atoms. The Bertz CT molecular complexity index is 1310. The summed E-state index contributed by atoms with van der Waals surface area (Å²) in [7, 11) is 0. The Hall–Kier alpha value is -2.57. The van der Waals surface area contributed by atoms with Gasteiger partial charge in [-0.3, -0.25) is 9.48 Å². The third-order valence-electron chi connectivity index (χ3n) is 7.41. The van der Waals surface area contributed by atoms with Gasteiger partial charge in [0.1, 0.15) is 10.4 Å². The molecule has 1 fully saturated rings. The minimum atomic E-state index is -2.69. The molecule has 0 bridgehead atoms. The Morgan fingerprint density at radius 2 is 1.85 bits per heavy atom. The zero-order chi connectivity index (χ0) is 29.4. The van der Waals surface area contributed by atoms with E-state index in [1.165, 1.54) is 0 Å². The highest BCUT2D eigenvalue weighted by Gasteiger charge is 2.40. The molecule has 1 saturated carbocycles. The molecular formula is C28H41F2N7O2S. The Kier molecular flexibility index (Phi) is 8.91. The molecule has 3 heterocycles. The van der Waals surface area contributed by atoms with Gasteiger partial charge in [0.2, 0.25) is 5.92 Å². The van der Waals surface area contributed by atoms with E-state index in [0.717, 1.165) is 5.56 Å². The van der Waals surface area contributed by atoms with Crippen molar-refractivity contribution in [3.63, 3.8) is 0 Å². The van der Waals surface area contributed by atoms with E-state index in [2.05, 4.69) is 20.2 Å². The van der Waals surface area contributed by atoms with Crippen molar-refractivity contribution in [1.82, 2.24) is 34.4 Å². The van der Waals surface area contributed by atoms with Crippen LogP contribution < -0.4 is 10.0 Å². The normalized spacial score (nSPS) is 18.8. The Balaban J connectivity index is 1.66. The lowest BCUT2D eigenvalue weighted by Crippen LogP contribution is -2.42. The van der Waals surface area contributed by atoms with E-state index in [9.17, 15) is 18.1 Å². The van der Waals surface area contributed by atoms with Crippen LogP contribution in [-0.2, 0) is 11.4 Å². The molecule has 220 valence electrons. The SMILES string of the molecule is CC(C)[C@H](N[S@@+]([O-])C(C)(C)C)c1cnn2cc([C@@H](NC(=O)c3ccnn3C(C)C)C3CCC(F)(F)CC3)nc2c1. The molecule has 0 aromatic carbocycles. The molecule has 9 nitrogen and oxygen atoms in total. The number of halogens is 2. The number of hydrogen-bond acceptors (Lipinski definition) is 6. The quantitative estimate of drug-likeness (QED) is 0.323. The first kappa shape index (κ1) is 30.4. The summed E-state index contributed by atoms with van der Waals surface area (Å²) in [5, 5.41) is 11.9. The Morgan fingerprint density at radius 3 is 2.45 bits per heavy atom. The van der Waals surface area contributed by atoms with E-state index in [1.807, 2.05) is 54.5 Å². The summed E-state index contributed by atoms with van der Waals surface area (Å²) < 4.78 is 47.0. The zero-order valence-corrected chi connectivity index (χ0v) is 25.1. The molecule has 3 atom stereocenters. The monoisotopic (exact) mass is 577 g/mol. The van der Waals surface area contributed by atoms with Crippen LogP contribution in [0.4, 0.5) is 8.78 Å². The average Bonchev–Trinajstić information content (AvgIpc) is 3.52. The zero-order valence-electron chi connectivity index (χ0n) is 24.3. The second-order valence-electron chi connectivity index (χ2n) is 12.4. The second kappa shape index (κ2) is 11.7. The van der Waals surface area contributed by atoms with Gasteiger partial charge in [0.25, 0.3) is 5.91 Å². The largest absolute Gasteiger partial charge is 0.598 e. The molecule has 0 unspecified atom stereocenters. The van der Waals surface area contributed by atoms with Gasteiger partial charge in [-0.1, -0.05) is 13.8 Å². The van der Waals surface area contributed by atoms with Crippen molar-refractivity contribution in [2.45, 2.75) is 103 Å². The highest BCUT2D eigenvalue weighted by molar-refractivity contribution is 7.90. The Morgan fingerprint density at radius 1 is 1.18 bits per heavy atom. The van der Waals surface area contributed by atoms with E-state index in [1.54, 1.807) is 33.9 Å². The highest BCUT2D eigenvalue weighted by atomic mass is 32.2. The molecule has 1 aliphatic rings. The summed E-state index contributed by atoms with van der Waals surface area (Å²) in [4.78, 5) is 18.2. The number of amides is 1. The van der Waals surface area contributed by atoms with Gasteiger partial charge in [0, 0.05) is 36.4 Å². The molecular weight excluding hydrogens is 536 g/mol. The summed E-state index contributed by atoms with van der Waals surface area (Å²) in [5.41, 5.74) is 2.38. The van der Waals surface area contributed by atoms with Crippen molar-refractivity contribution in [3.8, 4) is 0 Å². The van der Waals surface area contributed by atoms with Crippen molar-refractivity contribution >= 4 is 22.9 Å². The topological polar surface area (TPSA) is 112 Å². The minimum Gasteiger partial charge on any atom is -0.598 e. The van der Waals surface area contributed by atoms with Gasteiger partial charge in [0.05, 0.1) is 30.2 Å². The van der Waals surface area contributed by atoms with Crippen LogP contribution >= 0.6 is 0 Å². The van der Waals surface area contributed by atoms with Crippen LogP contribution in [0.25, 0.3) is 5.65 Å². The maximum absolute atomic E-state index is 14.0. The van der Waals surface area contributed by atoms with Crippen LogP contribution in [0.15, 0.2) is 30.7 Å². The van der Waals surface area contributed by atoms with E-state index < -0.39 is 28.1 Å². The van der Waals surface area contributed by atoms with Gasteiger partial charge in [0.15, 0.2) is 5.65 Å². The van der Waals surface area contributed by atoms with E-state index in [4.69, 9.17) is 4.98 Å². The van der Waals surface area contributed by atoms with Crippen LogP contribution in [-0.4, -0.2) is 45.5 Å². The number of carbonyl (C=O) groups is 1. The summed E-state index contributed by atoms with van der Waals surface area (Å²) >= 11 is -1.28. The first-order chi connectivity index (χ1) is 18.7. The van der Waals surface area contributed by atoms with E-state index in [0.29, 0.717) is 17.0 Å². The number of rotatable bonds is 9. The number of imidazole rings is 1. The van der Waals surface area contributed by atoms with Crippen LogP contribution in [0.3, 0.4) is 0 Å². The second-order valence-corrected chi connectivity index (χ2v) is 14.4. The van der Waals surface area contributed by atoms with Crippen LogP contribution in [0.1, 0.15) is 114 Å². The van der Waals surface area contributed by atoms with Crippen molar-refractivity contribution in [2.75, 3.05) is 0 Å². The number of hydrogen-bond donors (Lipinski definition) is 2. The molecule has 12 heteroatoms. The number of nitrogens with one attached hydrogen (secondary N) is 2. The van der Waals surface area contributed by atoms with Gasteiger partial charge in [-0.2, -0.15) is 10.2 Å². The molecule has 1 aliphatic carbocycles. The number of fused-ring (bicyclic) bond motifs is 1. The summed E-state index contributed by atoms with van der Waals surface area (Å²) in [6.45, 7) is 13.7. The molecule has 4 rings (SSSR count). The maximum Gasteiger partial charge on any atom is 0.270 e. The van der Waals surface area contributed by atoms with Crippen molar-refractivity contribution < 1.29 is 18.1 Å². The number of aromatic nitrogens is 5. The maximum atomic E-state index is 14.0. The molecule has 0 saturated heterocycles. The molecule has 0 aliphatic heterocycles. The third kappa shape index (κ3) is 6.83. The first-order valence-electron chi connectivity index (χ1n) is 13.9. The molecule has 3 aromatic rings. The number of alkyl halides is 2. The predicted octanol–water partition coefficient (Wildman–Crippen LogP) is 5.55. The Labute approximate surface area is 237 Å². The fraction of sp³-hybridized carbons (Fsp3) is 0.643. The van der Waals surface area contributed by atoms with Crippen LogP contribution in [0, 0.1) is 11.8 Å². The third-order valence-corrected chi connectivity index (χ3v) is 8.99. The highest BCUT2D eigenvalue weighted by Crippen LogP contribution is 2.41. The first-order valence-corrected chi connectivity index (χ1v) is 15.1. The van der Waals surface area contributed by atoms with E-state index in [-0.39, 0.29) is 55.5 Å². The van der Waals surface area contributed by atoms with Gasteiger partial charge >= 0.3 is 0 Å². The minimum absolute atomic E-state index is 0.0180. The number of carbonyl (C=O) groups excluding carboxylic acids is 1. The van der Waals surface area contributed by atoms with Gasteiger partial charge in [-0.15, -0.1) is 4.72 Å². The van der Waals surface area contributed by atoms with Crippen LogP contribution in [0.2, 0.25) is 0 Å². The van der Waals surface area contributed by atoms with Crippen LogP contribution in [0.5, 0.6) is 0 Å². The predicted molar refractivity (Wildman–Crippen MR) is 151 cm³/mol. The van der Waals surface area contributed by atoms with Gasteiger partial charge in [-0.05, 0) is 77.0 Å². The lowest BCUT2D eigenvalue weighted by atomic mass is 9.81. The van der Waals surface area contributed by atoms with Crippen molar-refractivity contribution in [1.29, 1.82) is 0 Å². The average molecular weight is 578 g/mol. The molecule has 0 radical (unpaired) electrons. The lowest BCUT2D eigenvalue weighted by molar-refractivity contribution is -0.0495. The fourth-order valence-electron chi connectivity index (χ4n) is 5.06. The van der Waals surface area contributed by atoms with Gasteiger partial charge < -0.3 is 9.87 Å². The summed E-state index contributed by atoms with van der Waals surface area (Å²) in [6.07, 6.45) is 5.14. The van der Waals surface area contributed by atoms with Crippen molar-refractivity contribution in [2.24, 2.45) is 11.8 Å². The summed E-state index contributed by atoms with van der Waals surface area (Å²) in [6, 6.07) is 2.74. The summed E-state index contributed by atoms with van der Waals surface area (Å²) in [5.74, 6) is -3.09. The van der Waals surface area contributed by atoms with Gasteiger partial charge in [-0.25, -0.2) is 18.3 Å². The molecule has 3 aromatic heterocycles.